The first-order valence-corrected chi connectivity index (χ1v) is 7.80. The lowest BCUT2D eigenvalue weighted by Gasteiger charge is -2.12. The number of fused-ring (bicyclic) bond motifs is 1. The standard InChI is InChI=1S/C19H19N3O3/c1-24-17-7-6-13(10-18(17)25-2)11-21-19(23)22-16-5-3-4-14-12-20-9-8-15(14)16/h3-10,12H,11H2,1-2H3,(H2,21,22,23). The van der Waals surface area contributed by atoms with Crippen molar-refractivity contribution in [3.63, 3.8) is 0 Å². The number of ether oxygens (including phenoxy) is 2. The van der Waals surface area contributed by atoms with Gasteiger partial charge in [0.15, 0.2) is 11.5 Å². The lowest BCUT2D eigenvalue weighted by Crippen LogP contribution is -2.28. The highest BCUT2D eigenvalue weighted by atomic mass is 16.5. The average molecular weight is 337 g/mol. The summed E-state index contributed by atoms with van der Waals surface area (Å²) in [7, 11) is 3.17. The highest BCUT2D eigenvalue weighted by molar-refractivity contribution is 6.01. The smallest absolute Gasteiger partial charge is 0.319 e. The number of hydrogen-bond acceptors (Lipinski definition) is 4. The largest absolute Gasteiger partial charge is 0.493 e. The second kappa shape index (κ2) is 7.53. The summed E-state index contributed by atoms with van der Waals surface area (Å²) in [5, 5.41) is 7.63. The van der Waals surface area contributed by atoms with Crippen LogP contribution in [-0.2, 0) is 6.54 Å². The van der Waals surface area contributed by atoms with E-state index in [1.807, 2.05) is 42.5 Å². The molecule has 0 fully saturated rings. The normalized spacial score (nSPS) is 10.3. The molecule has 0 bridgehead atoms. The Bertz CT molecular complexity index is 891. The van der Waals surface area contributed by atoms with Gasteiger partial charge in [0.05, 0.1) is 19.9 Å². The first-order valence-electron chi connectivity index (χ1n) is 7.80. The number of hydrogen-bond donors (Lipinski definition) is 2. The molecule has 6 nitrogen and oxygen atoms in total. The van der Waals surface area contributed by atoms with Gasteiger partial charge in [-0.1, -0.05) is 18.2 Å². The van der Waals surface area contributed by atoms with Crippen LogP contribution in [-0.4, -0.2) is 25.2 Å². The maximum atomic E-state index is 12.2. The zero-order valence-electron chi connectivity index (χ0n) is 14.1. The Kier molecular flexibility index (Phi) is 4.99. The zero-order chi connectivity index (χ0) is 17.6. The van der Waals surface area contributed by atoms with Crippen LogP contribution in [0.1, 0.15) is 5.56 Å². The van der Waals surface area contributed by atoms with Gasteiger partial charge in [-0.25, -0.2) is 4.79 Å². The van der Waals surface area contributed by atoms with Crippen LogP contribution in [0.3, 0.4) is 0 Å². The molecule has 0 aliphatic carbocycles. The van der Waals surface area contributed by atoms with Crippen LogP contribution in [0.15, 0.2) is 54.9 Å². The molecule has 2 aromatic carbocycles. The molecule has 0 aliphatic heterocycles. The van der Waals surface area contributed by atoms with Crippen molar-refractivity contribution in [2.24, 2.45) is 0 Å². The van der Waals surface area contributed by atoms with Crippen molar-refractivity contribution in [3.05, 3.63) is 60.4 Å². The van der Waals surface area contributed by atoms with Gasteiger partial charge in [-0.05, 0) is 29.8 Å². The quantitative estimate of drug-likeness (QED) is 0.746. The molecule has 3 rings (SSSR count). The molecule has 0 atom stereocenters. The summed E-state index contributed by atoms with van der Waals surface area (Å²) in [5.74, 6) is 1.28. The molecule has 25 heavy (non-hydrogen) atoms. The molecule has 2 N–H and O–H groups in total. The fourth-order valence-electron chi connectivity index (χ4n) is 2.57. The van der Waals surface area contributed by atoms with Gasteiger partial charge >= 0.3 is 6.03 Å². The topological polar surface area (TPSA) is 72.5 Å². The highest BCUT2D eigenvalue weighted by Gasteiger charge is 2.08. The molecule has 0 saturated heterocycles. The zero-order valence-corrected chi connectivity index (χ0v) is 14.1. The van der Waals surface area contributed by atoms with Gasteiger partial charge in [0, 0.05) is 29.7 Å². The number of rotatable bonds is 5. The Hall–Kier alpha value is -3.28. The summed E-state index contributed by atoms with van der Waals surface area (Å²) in [6.45, 7) is 0.374. The maximum Gasteiger partial charge on any atom is 0.319 e. The summed E-state index contributed by atoms with van der Waals surface area (Å²) in [5.41, 5.74) is 1.65. The van der Waals surface area contributed by atoms with Crippen molar-refractivity contribution < 1.29 is 14.3 Å². The SMILES string of the molecule is COc1ccc(CNC(=O)Nc2cccc3cnccc23)cc1OC. The Morgan fingerprint density at radius 1 is 1.08 bits per heavy atom. The van der Waals surface area contributed by atoms with Crippen LogP contribution in [0, 0.1) is 0 Å². The number of urea groups is 1. The third-order valence-electron chi connectivity index (χ3n) is 3.83. The number of nitrogens with zero attached hydrogens (tertiary/aromatic N) is 1. The van der Waals surface area contributed by atoms with Gasteiger partial charge in [-0.15, -0.1) is 0 Å². The number of carbonyl (C=O) groups is 1. The second-order valence-electron chi connectivity index (χ2n) is 5.40. The molecule has 2 amide bonds. The number of amides is 2. The van der Waals surface area contributed by atoms with Crippen LogP contribution >= 0.6 is 0 Å². The van der Waals surface area contributed by atoms with E-state index in [4.69, 9.17) is 9.47 Å². The molecule has 128 valence electrons. The van der Waals surface area contributed by atoms with E-state index in [0.717, 1.165) is 22.0 Å². The van der Waals surface area contributed by atoms with Gasteiger partial charge in [0.2, 0.25) is 0 Å². The number of aromatic nitrogens is 1. The first-order chi connectivity index (χ1) is 12.2. The van der Waals surface area contributed by atoms with Gasteiger partial charge in [-0.2, -0.15) is 0 Å². The van der Waals surface area contributed by atoms with E-state index in [-0.39, 0.29) is 6.03 Å². The molecule has 1 aromatic heterocycles. The van der Waals surface area contributed by atoms with Crippen LogP contribution in [0.4, 0.5) is 10.5 Å². The van der Waals surface area contributed by atoms with E-state index >= 15 is 0 Å². The van der Waals surface area contributed by atoms with E-state index in [1.165, 1.54) is 0 Å². The van der Waals surface area contributed by atoms with Gasteiger partial charge in [0.25, 0.3) is 0 Å². The highest BCUT2D eigenvalue weighted by Crippen LogP contribution is 2.27. The first kappa shape index (κ1) is 16.6. The van der Waals surface area contributed by atoms with Crippen molar-refractivity contribution in [2.45, 2.75) is 6.54 Å². The Morgan fingerprint density at radius 3 is 2.72 bits per heavy atom. The molecular weight excluding hydrogens is 318 g/mol. The van der Waals surface area contributed by atoms with Gasteiger partial charge < -0.3 is 20.1 Å². The third-order valence-corrected chi connectivity index (χ3v) is 3.83. The number of nitrogens with one attached hydrogen (secondary N) is 2. The van der Waals surface area contributed by atoms with E-state index in [0.29, 0.717) is 18.0 Å². The molecular formula is C19H19N3O3. The monoisotopic (exact) mass is 337 g/mol. The van der Waals surface area contributed by atoms with Crippen molar-refractivity contribution in [2.75, 3.05) is 19.5 Å². The fraction of sp³-hybridized carbons (Fsp3) is 0.158. The Morgan fingerprint density at radius 2 is 1.92 bits per heavy atom. The lowest BCUT2D eigenvalue weighted by molar-refractivity contribution is 0.251. The summed E-state index contributed by atoms with van der Waals surface area (Å²) < 4.78 is 10.5. The second-order valence-corrected chi connectivity index (χ2v) is 5.40. The van der Waals surface area contributed by atoms with Gasteiger partial charge in [-0.3, -0.25) is 4.98 Å². The Labute approximate surface area is 145 Å². The van der Waals surface area contributed by atoms with Crippen LogP contribution < -0.4 is 20.1 Å². The summed E-state index contributed by atoms with van der Waals surface area (Å²) in [6.07, 6.45) is 3.47. The molecule has 3 aromatic rings. The van der Waals surface area contributed by atoms with E-state index in [9.17, 15) is 4.79 Å². The van der Waals surface area contributed by atoms with E-state index in [2.05, 4.69) is 15.6 Å². The van der Waals surface area contributed by atoms with E-state index < -0.39 is 0 Å². The number of pyridine rings is 1. The molecule has 0 unspecified atom stereocenters. The minimum absolute atomic E-state index is 0.279. The van der Waals surface area contributed by atoms with Crippen molar-refractivity contribution >= 4 is 22.5 Å². The number of methoxy groups -OCH3 is 2. The number of benzene rings is 2. The number of anilines is 1. The minimum Gasteiger partial charge on any atom is -0.493 e. The molecule has 0 saturated carbocycles. The average Bonchev–Trinajstić information content (AvgIpc) is 2.66. The lowest BCUT2D eigenvalue weighted by atomic mass is 10.1. The fourth-order valence-corrected chi connectivity index (χ4v) is 2.57. The van der Waals surface area contributed by atoms with Crippen LogP contribution in [0.2, 0.25) is 0 Å². The molecule has 0 radical (unpaired) electrons. The predicted molar refractivity (Wildman–Crippen MR) is 97.1 cm³/mol. The minimum atomic E-state index is -0.279. The summed E-state index contributed by atoms with van der Waals surface area (Å²) in [6, 6.07) is 12.8. The van der Waals surface area contributed by atoms with Crippen molar-refractivity contribution in [1.82, 2.24) is 10.3 Å². The third kappa shape index (κ3) is 3.80. The van der Waals surface area contributed by atoms with Crippen molar-refractivity contribution in [3.8, 4) is 11.5 Å². The van der Waals surface area contributed by atoms with Crippen LogP contribution in [0.25, 0.3) is 10.8 Å². The van der Waals surface area contributed by atoms with Crippen molar-refractivity contribution in [1.29, 1.82) is 0 Å². The Balaban J connectivity index is 1.67. The van der Waals surface area contributed by atoms with Gasteiger partial charge in [0.1, 0.15) is 0 Å². The predicted octanol–water partition coefficient (Wildman–Crippen LogP) is 3.57. The summed E-state index contributed by atoms with van der Waals surface area (Å²) in [4.78, 5) is 16.3. The van der Waals surface area contributed by atoms with Crippen LogP contribution in [0.5, 0.6) is 11.5 Å². The summed E-state index contributed by atoms with van der Waals surface area (Å²) >= 11 is 0. The van der Waals surface area contributed by atoms with E-state index in [1.54, 1.807) is 26.6 Å². The molecule has 1 heterocycles. The molecule has 0 aliphatic rings. The molecule has 6 heteroatoms. The number of carbonyl (C=O) groups excluding carboxylic acids is 1. The maximum absolute atomic E-state index is 12.2. The molecule has 0 spiro atoms.